The number of aliphatic hydroxyl groups excluding tert-OH is 2. The molecule has 166 valence electrons. The monoisotopic (exact) mass is 462 g/mol. The van der Waals surface area contributed by atoms with E-state index in [0.29, 0.717) is 27.7 Å². The molecule has 1 atom stereocenters. The summed E-state index contributed by atoms with van der Waals surface area (Å²) in [6, 6.07) is 9.58. The number of aliphatic hydroxyl groups is 2. The van der Waals surface area contributed by atoms with E-state index in [2.05, 4.69) is 20.2 Å². The quantitative estimate of drug-likeness (QED) is 0.364. The van der Waals surface area contributed by atoms with E-state index >= 15 is 0 Å². The van der Waals surface area contributed by atoms with Gasteiger partial charge in [-0.3, -0.25) is 5.10 Å². The van der Waals surface area contributed by atoms with Crippen molar-refractivity contribution < 1.29 is 28.5 Å². The SMILES string of the molecule is OCC(O)CCOc1nc(Oc2ccc(F)cc2F)nc2n[nH]c(-c3ccccc3Cl)c12. The second-order valence-corrected chi connectivity index (χ2v) is 7.15. The van der Waals surface area contributed by atoms with Crippen LogP contribution in [0.1, 0.15) is 6.42 Å². The molecule has 0 fully saturated rings. The van der Waals surface area contributed by atoms with Crippen LogP contribution >= 0.6 is 11.6 Å². The summed E-state index contributed by atoms with van der Waals surface area (Å²) in [6.07, 6.45) is -0.840. The van der Waals surface area contributed by atoms with E-state index in [1.165, 1.54) is 0 Å². The molecule has 0 aliphatic heterocycles. The largest absolute Gasteiger partial charge is 0.477 e. The van der Waals surface area contributed by atoms with Crippen molar-refractivity contribution >= 4 is 22.6 Å². The Bertz CT molecular complexity index is 1250. The normalized spacial score (nSPS) is 12.2. The predicted octanol–water partition coefficient (Wildman–Crippen LogP) is 3.87. The van der Waals surface area contributed by atoms with Crippen LogP contribution in [-0.2, 0) is 0 Å². The van der Waals surface area contributed by atoms with Gasteiger partial charge in [-0.25, -0.2) is 8.78 Å². The molecule has 1 unspecified atom stereocenters. The molecule has 0 aliphatic carbocycles. The van der Waals surface area contributed by atoms with Crippen molar-refractivity contribution in [1.82, 2.24) is 20.2 Å². The van der Waals surface area contributed by atoms with E-state index in [-0.39, 0.29) is 36.3 Å². The zero-order chi connectivity index (χ0) is 22.7. The number of benzene rings is 2. The lowest BCUT2D eigenvalue weighted by molar-refractivity contribution is 0.0749. The molecule has 2 aromatic heterocycles. The molecule has 11 heteroatoms. The van der Waals surface area contributed by atoms with Gasteiger partial charge < -0.3 is 19.7 Å². The van der Waals surface area contributed by atoms with Crippen molar-refractivity contribution in [2.24, 2.45) is 0 Å². The standard InChI is InChI=1S/C21H17ClF2N4O4/c22-14-4-2-1-3-13(14)18-17-19(28-27-18)25-21(26-20(17)31-8-7-12(30)10-29)32-16-6-5-11(23)9-15(16)24/h1-6,9,12,29-30H,7-8,10H2,(H,25,26,27,28). The molecule has 32 heavy (non-hydrogen) atoms. The van der Waals surface area contributed by atoms with Crippen LogP contribution < -0.4 is 9.47 Å². The van der Waals surface area contributed by atoms with Crippen LogP contribution in [0.5, 0.6) is 17.6 Å². The highest BCUT2D eigenvalue weighted by atomic mass is 35.5. The summed E-state index contributed by atoms with van der Waals surface area (Å²) < 4.78 is 38.3. The fourth-order valence-corrected chi connectivity index (χ4v) is 3.15. The highest BCUT2D eigenvalue weighted by molar-refractivity contribution is 6.33. The van der Waals surface area contributed by atoms with Crippen molar-refractivity contribution in [1.29, 1.82) is 0 Å². The smallest absolute Gasteiger partial charge is 0.327 e. The number of hydrogen-bond donors (Lipinski definition) is 3. The fraction of sp³-hybridized carbons (Fsp3) is 0.190. The zero-order valence-corrected chi connectivity index (χ0v) is 17.2. The van der Waals surface area contributed by atoms with Crippen LogP contribution in [0.25, 0.3) is 22.3 Å². The van der Waals surface area contributed by atoms with Crippen LogP contribution in [0.3, 0.4) is 0 Å². The Hall–Kier alpha value is -3.34. The van der Waals surface area contributed by atoms with Gasteiger partial charge in [-0.2, -0.15) is 15.1 Å². The number of aromatic amines is 1. The van der Waals surface area contributed by atoms with E-state index in [4.69, 9.17) is 26.2 Å². The van der Waals surface area contributed by atoms with Crippen LogP contribution in [0, 0.1) is 11.6 Å². The highest BCUT2D eigenvalue weighted by Gasteiger charge is 2.21. The van der Waals surface area contributed by atoms with E-state index in [0.717, 1.165) is 12.1 Å². The van der Waals surface area contributed by atoms with Crippen LogP contribution in [0.4, 0.5) is 8.78 Å². The molecular formula is C21H17ClF2N4O4. The number of aromatic nitrogens is 4. The number of H-pyrrole nitrogens is 1. The molecule has 0 saturated heterocycles. The summed E-state index contributed by atoms with van der Waals surface area (Å²) >= 11 is 6.31. The highest BCUT2D eigenvalue weighted by Crippen LogP contribution is 2.37. The molecule has 0 bridgehead atoms. The van der Waals surface area contributed by atoms with E-state index < -0.39 is 24.3 Å². The summed E-state index contributed by atoms with van der Waals surface area (Å²) in [4.78, 5) is 8.39. The van der Waals surface area contributed by atoms with E-state index in [1.807, 2.05) is 0 Å². The molecule has 0 amide bonds. The van der Waals surface area contributed by atoms with Gasteiger partial charge >= 0.3 is 6.01 Å². The summed E-state index contributed by atoms with van der Waals surface area (Å²) in [6.45, 7) is -0.414. The molecule has 0 saturated carbocycles. The van der Waals surface area contributed by atoms with E-state index in [9.17, 15) is 13.9 Å². The van der Waals surface area contributed by atoms with Crippen LogP contribution in [0.2, 0.25) is 5.02 Å². The first-order valence-corrected chi connectivity index (χ1v) is 9.89. The molecule has 4 rings (SSSR count). The molecule has 0 aliphatic rings. The number of rotatable bonds is 8. The average molecular weight is 463 g/mol. The number of fused-ring (bicyclic) bond motifs is 1. The molecule has 2 heterocycles. The van der Waals surface area contributed by atoms with Crippen LogP contribution in [-0.4, -0.2) is 49.7 Å². The first-order chi connectivity index (χ1) is 15.5. The van der Waals surface area contributed by atoms with Gasteiger partial charge in [0.05, 0.1) is 25.0 Å². The lowest BCUT2D eigenvalue weighted by Crippen LogP contribution is -2.16. The number of ether oxygens (including phenoxy) is 2. The Labute approximate surface area is 185 Å². The Kier molecular flexibility index (Phi) is 6.45. The third-order valence-electron chi connectivity index (χ3n) is 4.50. The summed E-state index contributed by atoms with van der Waals surface area (Å²) in [5.74, 6) is -1.93. The molecule has 2 aromatic carbocycles. The van der Waals surface area contributed by atoms with Gasteiger partial charge in [0.15, 0.2) is 17.2 Å². The maximum Gasteiger partial charge on any atom is 0.327 e. The van der Waals surface area contributed by atoms with Gasteiger partial charge in [0.25, 0.3) is 0 Å². The van der Waals surface area contributed by atoms with Crippen molar-refractivity contribution in [2.45, 2.75) is 12.5 Å². The minimum absolute atomic E-state index is 0.00529. The number of nitrogens with zero attached hydrogens (tertiary/aromatic N) is 3. The van der Waals surface area contributed by atoms with Gasteiger partial charge in [0, 0.05) is 23.1 Å². The lowest BCUT2D eigenvalue weighted by atomic mass is 10.1. The second kappa shape index (κ2) is 9.43. The van der Waals surface area contributed by atoms with E-state index in [1.54, 1.807) is 24.3 Å². The lowest BCUT2D eigenvalue weighted by Gasteiger charge is -2.12. The van der Waals surface area contributed by atoms with Crippen LogP contribution in [0.15, 0.2) is 42.5 Å². The summed E-state index contributed by atoms with van der Waals surface area (Å²) in [5.41, 5.74) is 1.27. The van der Waals surface area contributed by atoms with Crippen molar-refractivity contribution in [3.8, 4) is 28.9 Å². The Morgan fingerprint density at radius 2 is 1.94 bits per heavy atom. The minimum atomic E-state index is -0.969. The molecule has 0 radical (unpaired) electrons. The molecule has 3 N–H and O–H groups in total. The fourth-order valence-electron chi connectivity index (χ4n) is 2.92. The number of nitrogens with one attached hydrogen (secondary N) is 1. The summed E-state index contributed by atoms with van der Waals surface area (Å²) in [7, 11) is 0. The van der Waals surface area contributed by atoms with Gasteiger partial charge in [-0.15, -0.1) is 0 Å². The van der Waals surface area contributed by atoms with Crippen molar-refractivity contribution in [3.05, 3.63) is 59.1 Å². The van der Waals surface area contributed by atoms with Gasteiger partial charge in [-0.05, 0) is 18.2 Å². The number of halogens is 3. The first kappa shape index (κ1) is 21.9. The zero-order valence-electron chi connectivity index (χ0n) is 16.4. The Morgan fingerprint density at radius 3 is 2.69 bits per heavy atom. The predicted molar refractivity (Wildman–Crippen MR) is 112 cm³/mol. The number of hydrogen-bond acceptors (Lipinski definition) is 7. The van der Waals surface area contributed by atoms with Crippen molar-refractivity contribution in [2.75, 3.05) is 13.2 Å². The Balaban J connectivity index is 1.76. The minimum Gasteiger partial charge on any atom is -0.477 e. The van der Waals surface area contributed by atoms with Gasteiger partial charge in [0.1, 0.15) is 11.2 Å². The second-order valence-electron chi connectivity index (χ2n) is 6.74. The van der Waals surface area contributed by atoms with Gasteiger partial charge in [-0.1, -0.05) is 29.8 Å². The average Bonchev–Trinajstić information content (AvgIpc) is 3.20. The Morgan fingerprint density at radius 1 is 1.12 bits per heavy atom. The van der Waals surface area contributed by atoms with Crippen molar-refractivity contribution in [3.63, 3.8) is 0 Å². The molecule has 4 aromatic rings. The third kappa shape index (κ3) is 4.62. The van der Waals surface area contributed by atoms with Gasteiger partial charge in [0.2, 0.25) is 5.88 Å². The maximum atomic E-state index is 14.0. The third-order valence-corrected chi connectivity index (χ3v) is 4.83. The summed E-state index contributed by atoms with van der Waals surface area (Å²) in [5, 5.41) is 26.4. The molecule has 8 nitrogen and oxygen atoms in total. The maximum absolute atomic E-state index is 14.0. The topological polar surface area (TPSA) is 113 Å². The molecule has 0 spiro atoms. The molecular weight excluding hydrogens is 446 g/mol. The first-order valence-electron chi connectivity index (χ1n) is 9.52.